The van der Waals surface area contributed by atoms with Crippen LogP contribution in [0.2, 0.25) is 5.02 Å². The molecule has 3 nitrogen and oxygen atoms in total. The minimum absolute atomic E-state index is 0.198. The van der Waals surface area contributed by atoms with Gasteiger partial charge in [-0.2, -0.15) is 0 Å². The van der Waals surface area contributed by atoms with Crippen molar-refractivity contribution < 1.29 is 9.53 Å². The molecule has 0 aliphatic carbocycles. The monoisotopic (exact) mass is 341 g/mol. The summed E-state index contributed by atoms with van der Waals surface area (Å²) >= 11 is 5.84. The maximum atomic E-state index is 12.3. The van der Waals surface area contributed by atoms with Gasteiger partial charge in [0.05, 0.1) is 0 Å². The molecule has 24 heavy (non-hydrogen) atoms. The second kappa shape index (κ2) is 8.01. The molecule has 2 aromatic carbocycles. The predicted octanol–water partition coefficient (Wildman–Crippen LogP) is 3.79. The van der Waals surface area contributed by atoms with Crippen LogP contribution in [0, 0.1) is 17.8 Å². The smallest absolute Gasteiger partial charge is 0.327 e. The molecule has 0 saturated heterocycles. The van der Waals surface area contributed by atoms with E-state index in [2.05, 4.69) is 11.8 Å². The largest absolute Gasteiger partial charge is 0.459 e. The van der Waals surface area contributed by atoms with E-state index in [1.807, 2.05) is 49.4 Å². The van der Waals surface area contributed by atoms with E-state index in [0.717, 1.165) is 11.1 Å². The second-order valence-corrected chi connectivity index (χ2v) is 6.28. The molecule has 0 saturated carbocycles. The van der Waals surface area contributed by atoms with Crippen LogP contribution in [-0.2, 0) is 16.1 Å². The molecule has 0 unspecified atom stereocenters. The van der Waals surface area contributed by atoms with Crippen molar-refractivity contribution in [3.05, 3.63) is 70.7 Å². The predicted molar refractivity (Wildman–Crippen MR) is 96.3 cm³/mol. The summed E-state index contributed by atoms with van der Waals surface area (Å²) in [5.74, 6) is 5.20. The van der Waals surface area contributed by atoms with Gasteiger partial charge in [-0.1, -0.05) is 53.8 Å². The minimum atomic E-state index is -1.19. The molecule has 0 radical (unpaired) electrons. The molecule has 0 heterocycles. The average Bonchev–Trinajstić information content (AvgIpc) is 2.59. The van der Waals surface area contributed by atoms with Crippen LogP contribution in [0.5, 0.6) is 0 Å². The third-order valence-electron chi connectivity index (χ3n) is 3.83. The van der Waals surface area contributed by atoms with Crippen LogP contribution in [0.25, 0.3) is 0 Å². The minimum Gasteiger partial charge on any atom is -0.459 e. The molecule has 0 aliphatic heterocycles. The molecular formula is C20H20ClNO2. The van der Waals surface area contributed by atoms with Gasteiger partial charge < -0.3 is 10.5 Å². The van der Waals surface area contributed by atoms with Crippen molar-refractivity contribution >= 4 is 17.6 Å². The molecule has 0 spiro atoms. The normalized spacial score (nSPS) is 14.0. The second-order valence-electron chi connectivity index (χ2n) is 5.84. The van der Waals surface area contributed by atoms with Crippen LogP contribution in [0.15, 0.2) is 54.6 Å². The Hall–Kier alpha value is -2.28. The highest BCUT2D eigenvalue weighted by molar-refractivity contribution is 6.30. The van der Waals surface area contributed by atoms with Crippen LogP contribution in [0.1, 0.15) is 25.0 Å². The molecule has 0 bridgehead atoms. The topological polar surface area (TPSA) is 52.3 Å². The summed E-state index contributed by atoms with van der Waals surface area (Å²) in [4.78, 5) is 12.3. The van der Waals surface area contributed by atoms with Crippen LogP contribution in [0.4, 0.5) is 0 Å². The van der Waals surface area contributed by atoms with Gasteiger partial charge in [0.15, 0.2) is 0 Å². The van der Waals surface area contributed by atoms with E-state index in [-0.39, 0.29) is 12.5 Å². The van der Waals surface area contributed by atoms with Gasteiger partial charge in [0.2, 0.25) is 0 Å². The highest BCUT2D eigenvalue weighted by Crippen LogP contribution is 2.17. The van der Waals surface area contributed by atoms with Crippen molar-refractivity contribution in [1.82, 2.24) is 0 Å². The lowest BCUT2D eigenvalue weighted by atomic mass is 9.88. The van der Waals surface area contributed by atoms with E-state index in [9.17, 15) is 4.79 Å². The summed E-state index contributed by atoms with van der Waals surface area (Å²) in [7, 11) is 0. The summed E-state index contributed by atoms with van der Waals surface area (Å²) in [6, 6.07) is 16.7. The first-order valence-electron chi connectivity index (χ1n) is 7.66. The molecule has 0 fully saturated rings. The molecule has 0 aliphatic rings. The fourth-order valence-corrected chi connectivity index (χ4v) is 2.06. The Morgan fingerprint density at radius 3 is 2.46 bits per heavy atom. The van der Waals surface area contributed by atoms with E-state index in [1.165, 1.54) is 0 Å². The number of carbonyl (C=O) groups is 1. The lowest BCUT2D eigenvalue weighted by Crippen LogP contribution is -2.51. The fourth-order valence-electron chi connectivity index (χ4n) is 1.93. The van der Waals surface area contributed by atoms with E-state index in [0.29, 0.717) is 5.02 Å². The van der Waals surface area contributed by atoms with Crippen molar-refractivity contribution in [3.63, 3.8) is 0 Å². The first kappa shape index (κ1) is 18.1. The number of hydrogen-bond acceptors (Lipinski definition) is 3. The summed E-state index contributed by atoms with van der Waals surface area (Å²) in [5, 5.41) is 0.654. The molecule has 2 rings (SSSR count). The van der Waals surface area contributed by atoms with Crippen molar-refractivity contribution in [1.29, 1.82) is 0 Å². The van der Waals surface area contributed by atoms with E-state index >= 15 is 0 Å². The molecule has 2 aromatic rings. The van der Waals surface area contributed by atoms with Crippen LogP contribution in [0.3, 0.4) is 0 Å². The van der Waals surface area contributed by atoms with Crippen molar-refractivity contribution in [2.75, 3.05) is 0 Å². The van der Waals surface area contributed by atoms with Crippen molar-refractivity contribution in [2.45, 2.75) is 26.0 Å². The van der Waals surface area contributed by atoms with Crippen molar-refractivity contribution in [2.24, 2.45) is 11.7 Å². The highest BCUT2D eigenvalue weighted by Gasteiger charge is 2.35. The van der Waals surface area contributed by atoms with Crippen molar-refractivity contribution in [3.8, 4) is 11.8 Å². The Bertz CT molecular complexity index is 743. The zero-order valence-corrected chi connectivity index (χ0v) is 14.5. The Labute approximate surface area is 147 Å². The van der Waals surface area contributed by atoms with E-state index in [1.54, 1.807) is 19.1 Å². The van der Waals surface area contributed by atoms with Gasteiger partial charge in [-0.05, 0) is 43.7 Å². The summed E-state index contributed by atoms with van der Waals surface area (Å²) < 4.78 is 5.33. The van der Waals surface area contributed by atoms with Gasteiger partial charge >= 0.3 is 5.97 Å². The zero-order chi connectivity index (χ0) is 17.6. The van der Waals surface area contributed by atoms with Gasteiger partial charge in [0.1, 0.15) is 12.1 Å². The number of rotatable bonds is 4. The zero-order valence-electron chi connectivity index (χ0n) is 13.8. The lowest BCUT2D eigenvalue weighted by molar-refractivity contribution is -0.152. The van der Waals surface area contributed by atoms with Gasteiger partial charge in [0.25, 0.3) is 0 Å². The van der Waals surface area contributed by atoms with E-state index < -0.39 is 11.5 Å². The van der Waals surface area contributed by atoms with E-state index in [4.69, 9.17) is 22.1 Å². The Morgan fingerprint density at radius 2 is 1.83 bits per heavy atom. The van der Waals surface area contributed by atoms with Gasteiger partial charge in [-0.3, -0.25) is 4.79 Å². The molecule has 2 atom stereocenters. The maximum Gasteiger partial charge on any atom is 0.327 e. The Balaban J connectivity index is 2.00. The standard InChI is InChI=1S/C20H20ClNO2/c1-15(8-9-16-10-12-18(21)13-11-16)20(2,22)19(23)24-14-17-6-4-3-5-7-17/h3-7,10-13,15H,14,22H2,1-2H3/t15-,20+/m1/s1. The molecule has 4 heteroatoms. The number of halogens is 1. The summed E-state index contributed by atoms with van der Waals surface area (Å²) in [6.45, 7) is 3.65. The summed E-state index contributed by atoms with van der Waals surface area (Å²) in [6.07, 6.45) is 0. The lowest BCUT2D eigenvalue weighted by Gasteiger charge is -2.25. The first-order chi connectivity index (χ1) is 11.4. The third-order valence-corrected chi connectivity index (χ3v) is 4.08. The molecule has 0 amide bonds. The molecule has 124 valence electrons. The fraction of sp³-hybridized carbons (Fsp3) is 0.250. The maximum absolute atomic E-state index is 12.3. The van der Waals surface area contributed by atoms with Crippen LogP contribution in [-0.4, -0.2) is 11.5 Å². The first-order valence-corrected chi connectivity index (χ1v) is 8.04. The Morgan fingerprint density at radius 1 is 1.21 bits per heavy atom. The highest BCUT2D eigenvalue weighted by atomic mass is 35.5. The number of esters is 1. The Kier molecular flexibility index (Phi) is 6.03. The number of carbonyl (C=O) groups excluding carboxylic acids is 1. The summed E-state index contributed by atoms with van der Waals surface area (Å²) in [5.41, 5.74) is 6.71. The number of benzene rings is 2. The van der Waals surface area contributed by atoms with Crippen LogP contribution < -0.4 is 5.73 Å². The van der Waals surface area contributed by atoms with Gasteiger partial charge in [0, 0.05) is 16.5 Å². The number of nitrogens with two attached hydrogens (primary N) is 1. The molecule has 2 N–H and O–H groups in total. The third kappa shape index (κ3) is 4.86. The van der Waals surface area contributed by atoms with Gasteiger partial charge in [-0.25, -0.2) is 0 Å². The quantitative estimate of drug-likeness (QED) is 0.680. The SMILES string of the molecule is C[C@H](C#Cc1ccc(Cl)cc1)[C@](C)(N)C(=O)OCc1ccccc1. The molecule has 0 aromatic heterocycles. The number of ether oxygens (including phenoxy) is 1. The molecular weight excluding hydrogens is 322 g/mol. The van der Waals surface area contributed by atoms with Crippen LogP contribution >= 0.6 is 11.6 Å². The average molecular weight is 342 g/mol. The van der Waals surface area contributed by atoms with Gasteiger partial charge in [-0.15, -0.1) is 0 Å². The number of hydrogen-bond donors (Lipinski definition) is 1.